The molecule has 6 nitrogen and oxygen atoms in total. The summed E-state index contributed by atoms with van der Waals surface area (Å²) in [6.45, 7) is 3.24. The Bertz CT molecular complexity index is 920. The summed E-state index contributed by atoms with van der Waals surface area (Å²) in [5, 5.41) is 6.32. The van der Waals surface area contributed by atoms with Crippen molar-refractivity contribution in [2.45, 2.75) is 13.8 Å². The van der Waals surface area contributed by atoms with Crippen LogP contribution in [0.15, 0.2) is 48.8 Å². The minimum atomic E-state index is -0.238. The molecule has 2 aromatic heterocycles. The van der Waals surface area contributed by atoms with Crippen LogP contribution >= 0.6 is 0 Å². The third kappa shape index (κ3) is 3.38. The van der Waals surface area contributed by atoms with E-state index in [9.17, 15) is 9.59 Å². The Balaban J connectivity index is 1.82. The second-order valence-corrected chi connectivity index (χ2v) is 5.40. The molecule has 0 atom stereocenters. The zero-order chi connectivity index (χ0) is 17.1. The van der Waals surface area contributed by atoms with Crippen LogP contribution in [0.5, 0.6) is 0 Å². The van der Waals surface area contributed by atoms with E-state index in [1.54, 1.807) is 49.6 Å². The zero-order valence-electron chi connectivity index (χ0n) is 13.3. The number of nitrogens with one attached hydrogen (secondary N) is 2. The van der Waals surface area contributed by atoms with Crippen molar-refractivity contribution >= 4 is 34.1 Å². The van der Waals surface area contributed by atoms with Crippen molar-refractivity contribution in [2.75, 3.05) is 10.6 Å². The first-order chi connectivity index (χ1) is 11.5. The highest BCUT2D eigenvalue weighted by atomic mass is 16.2. The second kappa shape index (κ2) is 6.45. The Hall–Kier alpha value is -3.28. The molecule has 0 saturated carbocycles. The standard InChI is InChI=1S/C18H16N4O2/c1-11-16(9-13-10-19-8-7-17(13)20-11)18(24)22-15-5-3-14(4-6-15)21-12(2)23/h3-10H,1-2H3,(H,21,23)(H,22,24). The molecule has 2 heterocycles. The number of carbonyl (C=O) groups excluding carboxylic acids is 2. The molecule has 0 unspecified atom stereocenters. The van der Waals surface area contributed by atoms with Crippen LogP contribution < -0.4 is 10.6 Å². The number of pyridine rings is 2. The molecule has 3 aromatic rings. The fourth-order valence-electron chi connectivity index (χ4n) is 2.38. The highest BCUT2D eigenvalue weighted by Crippen LogP contribution is 2.18. The molecule has 0 radical (unpaired) electrons. The third-order valence-corrected chi connectivity index (χ3v) is 3.51. The van der Waals surface area contributed by atoms with Crippen molar-refractivity contribution in [1.29, 1.82) is 0 Å². The first kappa shape index (κ1) is 15.6. The summed E-state index contributed by atoms with van der Waals surface area (Å²) in [6, 6.07) is 10.5. The second-order valence-electron chi connectivity index (χ2n) is 5.40. The van der Waals surface area contributed by atoms with Crippen LogP contribution in [0, 0.1) is 6.92 Å². The molecule has 0 fully saturated rings. The maximum atomic E-state index is 12.5. The molecular weight excluding hydrogens is 304 g/mol. The van der Waals surface area contributed by atoms with E-state index in [0.717, 1.165) is 10.9 Å². The maximum Gasteiger partial charge on any atom is 0.257 e. The van der Waals surface area contributed by atoms with E-state index < -0.39 is 0 Å². The number of aryl methyl sites for hydroxylation is 1. The van der Waals surface area contributed by atoms with Gasteiger partial charge in [0.2, 0.25) is 5.91 Å². The van der Waals surface area contributed by atoms with Gasteiger partial charge in [-0.05, 0) is 43.3 Å². The number of nitrogens with zero attached hydrogens (tertiary/aromatic N) is 2. The summed E-state index contributed by atoms with van der Waals surface area (Å²) in [6.07, 6.45) is 3.35. The predicted molar refractivity (Wildman–Crippen MR) is 93.0 cm³/mol. The minimum Gasteiger partial charge on any atom is -0.326 e. The SMILES string of the molecule is CC(=O)Nc1ccc(NC(=O)c2cc3cnccc3nc2C)cc1. The van der Waals surface area contributed by atoms with Crippen molar-refractivity contribution in [2.24, 2.45) is 0 Å². The van der Waals surface area contributed by atoms with Gasteiger partial charge in [0, 0.05) is 36.1 Å². The summed E-state index contributed by atoms with van der Waals surface area (Å²) in [7, 11) is 0. The van der Waals surface area contributed by atoms with E-state index in [1.165, 1.54) is 6.92 Å². The van der Waals surface area contributed by atoms with Gasteiger partial charge in [-0.15, -0.1) is 0 Å². The van der Waals surface area contributed by atoms with Crippen molar-refractivity contribution < 1.29 is 9.59 Å². The lowest BCUT2D eigenvalue weighted by Crippen LogP contribution is -2.14. The quantitative estimate of drug-likeness (QED) is 0.776. The van der Waals surface area contributed by atoms with Crippen molar-refractivity contribution in [3.8, 4) is 0 Å². The molecule has 0 aliphatic rings. The van der Waals surface area contributed by atoms with Crippen LogP contribution in [0.4, 0.5) is 11.4 Å². The molecular formula is C18H16N4O2. The van der Waals surface area contributed by atoms with Gasteiger partial charge in [0.05, 0.1) is 16.8 Å². The lowest BCUT2D eigenvalue weighted by Gasteiger charge is -2.09. The summed E-state index contributed by atoms with van der Waals surface area (Å²) in [5.41, 5.74) is 3.27. The van der Waals surface area contributed by atoms with Crippen molar-refractivity contribution in [1.82, 2.24) is 9.97 Å². The molecule has 2 N–H and O–H groups in total. The first-order valence-electron chi connectivity index (χ1n) is 7.43. The fourth-order valence-corrected chi connectivity index (χ4v) is 2.38. The zero-order valence-corrected chi connectivity index (χ0v) is 13.3. The van der Waals surface area contributed by atoms with E-state index >= 15 is 0 Å². The van der Waals surface area contributed by atoms with Gasteiger partial charge in [0.25, 0.3) is 5.91 Å². The molecule has 24 heavy (non-hydrogen) atoms. The Morgan fingerprint density at radius 1 is 1.00 bits per heavy atom. The first-order valence-corrected chi connectivity index (χ1v) is 7.43. The fraction of sp³-hybridized carbons (Fsp3) is 0.111. The summed E-state index contributed by atoms with van der Waals surface area (Å²) in [5.74, 6) is -0.378. The Kier molecular flexibility index (Phi) is 4.20. The number of amides is 2. The number of rotatable bonds is 3. The minimum absolute atomic E-state index is 0.141. The maximum absolute atomic E-state index is 12.5. The van der Waals surface area contributed by atoms with E-state index in [0.29, 0.717) is 22.6 Å². The number of hydrogen-bond donors (Lipinski definition) is 2. The van der Waals surface area contributed by atoms with Crippen molar-refractivity contribution in [3.05, 3.63) is 60.0 Å². The van der Waals surface area contributed by atoms with E-state index in [1.807, 2.05) is 6.07 Å². The molecule has 120 valence electrons. The van der Waals surface area contributed by atoms with Crippen LogP contribution in [-0.4, -0.2) is 21.8 Å². The number of aromatic nitrogens is 2. The molecule has 6 heteroatoms. The predicted octanol–water partition coefficient (Wildman–Crippen LogP) is 3.15. The molecule has 2 amide bonds. The highest BCUT2D eigenvalue weighted by Gasteiger charge is 2.12. The van der Waals surface area contributed by atoms with E-state index in [4.69, 9.17) is 0 Å². The lowest BCUT2D eigenvalue weighted by molar-refractivity contribution is -0.114. The summed E-state index contributed by atoms with van der Waals surface area (Å²) >= 11 is 0. The summed E-state index contributed by atoms with van der Waals surface area (Å²) < 4.78 is 0. The van der Waals surface area contributed by atoms with Gasteiger partial charge in [0.1, 0.15) is 0 Å². The molecule has 0 aliphatic carbocycles. The van der Waals surface area contributed by atoms with Gasteiger partial charge >= 0.3 is 0 Å². The van der Waals surface area contributed by atoms with Gasteiger partial charge in [-0.2, -0.15) is 0 Å². The number of carbonyl (C=O) groups is 2. The average Bonchev–Trinajstić information content (AvgIpc) is 2.55. The molecule has 1 aromatic carbocycles. The van der Waals surface area contributed by atoms with Gasteiger partial charge in [-0.1, -0.05) is 0 Å². The van der Waals surface area contributed by atoms with E-state index in [2.05, 4.69) is 20.6 Å². The van der Waals surface area contributed by atoms with Gasteiger partial charge in [-0.3, -0.25) is 19.6 Å². The van der Waals surface area contributed by atoms with E-state index in [-0.39, 0.29) is 11.8 Å². The normalized spacial score (nSPS) is 10.4. The number of benzene rings is 1. The van der Waals surface area contributed by atoms with Crippen LogP contribution in [-0.2, 0) is 4.79 Å². The van der Waals surface area contributed by atoms with Crippen LogP contribution in [0.3, 0.4) is 0 Å². The number of hydrogen-bond acceptors (Lipinski definition) is 4. The van der Waals surface area contributed by atoms with Crippen LogP contribution in [0.2, 0.25) is 0 Å². The lowest BCUT2D eigenvalue weighted by atomic mass is 10.1. The Morgan fingerprint density at radius 3 is 2.33 bits per heavy atom. The van der Waals surface area contributed by atoms with Crippen LogP contribution in [0.25, 0.3) is 10.9 Å². The Labute approximate surface area is 138 Å². The number of anilines is 2. The molecule has 3 rings (SSSR count). The molecule has 0 spiro atoms. The van der Waals surface area contributed by atoms with Gasteiger partial charge in [0.15, 0.2) is 0 Å². The van der Waals surface area contributed by atoms with Crippen molar-refractivity contribution in [3.63, 3.8) is 0 Å². The molecule has 0 saturated heterocycles. The number of fused-ring (bicyclic) bond motifs is 1. The molecule has 0 bridgehead atoms. The topological polar surface area (TPSA) is 84.0 Å². The third-order valence-electron chi connectivity index (χ3n) is 3.51. The summed E-state index contributed by atoms with van der Waals surface area (Å²) in [4.78, 5) is 32.0. The van der Waals surface area contributed by atoms with Crippen LogP contribution in [0.1, 0.15) is 23.0 Å². The molecule has 0 aliphatic heterocycles. The largest absolute Gasteiger partial charge is 0.326 e. The monoisotopic (exact) mass is 320 g/mol. The highest BCUT2D eigenvalue weighted by molar-refractivity contribution is 6.06. The average molecular weight is 320 g/mol. The van der Waals surface area contributed by atoms with Gasteiger partial charge in [-0.25, -0.2) is 0 Å². The Morgan fingerprint density at radius 2 is 1.67 bits per heavy atom. The van der Waals surface area contributed by atoms with Gasteiger partial charge < -0.3 is 10.6 Å². The smallest absolute Gasteiger partial charge is 0.257 e.